The summed E-state index contributed by atoms with van der Waals surface area (Å²) in [5, 5.41) is 9.13. The third-order valence-electron chi connectivity index (χ3n) is 3.42. The zero-order chi connectivity index (χ0) is 15.4. The summed E-state index contributed by atoms with van der Waals surface area (Å²) in [6.07, 6.45) is 2.05. The summed E-state index contributed by atoms with van der Waals surface area (Å²) in [4.78, 5) is 25.0. The first kappa shape index (κ1) is 15.2. The van der Waals surface area contributed by atoms with E-state index in [2.05, 4.69) is 0 Å². The first-order valence-electron chi connectivity index (χ1n) is 6.90. The molecule has 2 rings (SSSR count). The summed E-state index contributed by atoms with van der Waals surface area (Å²) < 4.78 is 10.5. The van der Waals surface area contributed by atoms with Gasteiger partial charge in [0.25, 0.3) is 5.91 Å². The van der Waals surface area contributed by atoms with Gasteiger partial charge in [-0.3, -0.25) is 4.79 Å². The molecule has 6 heteroatoms. The first-order chi connectivity index (χ1) is 10.1. The second-order valence-electron chi connectivity index (χ2n) is 4.87. The van der Waals surface area contributed by atoms with Crippen LogP contribution in [0.2, 0.25) is 0 Å². The molecule has 1 saturated carbocycles. The summed E-state index contributed by atoms with van der Waals surface area (Å²) in [6, 6.07) is 4.74. The van der Waals surface area contributed by atoms with Crippen LogP contribution in [0.3, 0.4) is 0 Å². The van der Waals surface area contributed by atoms with Crippen molar-refractivity contribution in [3.8, 4) is 11.5 Å². The van der Waals surface area contributed by atoms with Gasteiger partial charge in [-0.25, -0.2) is 4.79 Å². The van der Waals surface area contributed by atoms with Crippen LogP contribution in [0.15, 0.2) is 18.2 Å². The van der Waals surface area contributed by atoms with Crippen molar-refractivity contribution in [1.29, 1.82) is 0 Å². The highest BCUT2D eigenvalue weighted by Gasteiger charge is 2.31. The number of hydrogen-bond acceptors (Lipinski definition) is 4. The van der Waals surface area contributed by atoms with Crippen molar-refractivity contribution >= 4 is 11.9 Å². The van der Waals surface area contributed by atoms with E-state index in [4.69, 9.17) is 14.6 Å². The van der Waals surface area contributed by atoms with E-state index in [0.29, 0.717) is 18.3 Å². The Morgan fingerprint density at radius 3 is 2.62 bits per heavy atom. The van der Waals surface area contributed by atoms with Crippen molar-refractivity contribution < 1.29 is 24.2 Å². The molecule has 0 spiro atoms. The minimum absolute atomic E-state index is 0.0121. The lowest BCUT2D eigenvalue weighted by Gasteiger charge is -2.20. The zero-order valence-electron chi connectivity index (χ0n) is 12.2. The summed E-state index contributed by atoms with van der Waals surface area (Å²) in [5.74, 6) is -0.604. The quantitative estimate of drug-likeness (QED) is 0.829. The standard InChI is InChI=1S/C15H19NO5/c1-3-16(10-4-5-10)14(17)9-21-13-8-11(20-2)6-7-12(13)15(18)19/h6-8,10H,3-5,9H2,1-2H3,(H,18,19). The van der Waals surface area contributed by atoms with Gasteiger partial charge in [-0.1, -0.05) is 0 Å². The van der Waals surface area contributed by atoms with Gasteiger partial charge in [-0.2, -0.15) is 0 Å². The third-order valence-corrected chi connectivity index (χ3v) is 3.42. The smallest absolute Gasteiger partial charge is 0.339 e. The number of ether oxygens (including phenoxy) is 2. The Morgan fingerprint density at radius 1 is 1.38 bits per heavy atom. The predicted molar refractivity (Wildman–Crippen MR) is 75.9 cm³/mol. The minimum Gasteiger partial charge on any atom is -0.497 e. The van der Waals surface area contributed by atoms with Crippen LogP contribution in [-0.4, -0.2) is 48.2 Å². The van der Waals surface area contributed by atoms with Gasteiger partial charge in [-0.05, 0) is 31.9 Å². The summed E-state index contributed by atoms with van der Waals surface area (Å²) in [7, 11) is 1.48. The fraction of sp³-hybridized carbons (Fsp3) is 0.467. The van der Waals surface area contributed by atoms with Crippen LogP contribution in [0.25, 0.3) is 0 Å². The summed E-state index contributed by atoms with van der Waals surface area (Å²) in [6.45, 7) is 2.39. The second-order valence-corrected chi connectivity index (χ2v) is 4.87. The molecule has 1 amide bonds. The van der Waals surface area contributed by atoms with E-state index >= 15 is 0 Å². The fourth-order valence-electron chi connectivity index (χ4n) is 2.17. The number of hydrogen-bond donors (Lipinski definition) is 1. The molecule has 6 nitrogen and oxygen atoms in total. The van der Waals surface area contributed by atoms with Crippen LogP contribution in [0.4, 0.5) is 0 Å². The van der Waals surface area contributed by atoms with Gasteiger partial charge < -0.3 is 19.5 Å². The average molecular weight is 293 g/mol. The molecular formula is C15H19NO5. The Labute approximate surface area is 123 Å². The molecule has 0 heterocycles. The van der Waals surface area contributed by atoms with Crippen molar-refractivity contribution in [1.82, 2.24) is 4.90 Å². The lowest BCUT2D eigenvalue weighted by Crippen LogP contribution is -2.36. The lowest BCUT2D eigenvalue weighted by atomic mass is 10.2. The van der Waals surface area contributed by atoms with Gasteiger partial charge in [0.2, 0.25) is 0 Å². The molecule has 1 fully saturated rings. The van der Waals surface area contributed by atoms with Crippen molar-refractivity contribution in [2.75, 3.05) is 20.3 Å². The fourth-order valence-corrected chi connectivity index (χ4v) is 2.17. The summed E-state index contributed by atoms with van der Waals surface area (Å²) >= 11 is 0. The third kappa shape index (κ3) is 3.65. The van der Waals surface area contributed by atoms with E-state index in [1.54, 1.807) is 11.0 Å². The van der Waals surface area contributed by atoms with Gasteiger partial charge >= 0.3 is 5.97 Å². The van der Waals surface area contributed by atoms with Gasteiger partial charge in [0.05, 0.1) is 7.11 Å². The van der Waals surface area contributed by atoms with Crippen LogP contribution < -0.4 is 9.47 Å². The molecule has 1 aromatic carbocycles. The monoisotopic (exact) mass is 293 g/mol. The number of carbonyl (C=O) groups is 2. The minimum atomic E-state index is -1.10. The molecule has 114 valence electrons. The molecule has 0 saturated heterocycles. The van der Waals surface area contributed by atoms with Gasteiger partial charge in [-0.15, -0.1) is 0 Å². The van der Waals surface area contributed by atoms with Gasteiger partial charge in [0.15, 0.2) is 6.61 Å². The number of carboxylic acid groups (broad SMARTS) is 1. The number of amides is 1. The van der Waals surface area contributed by atoms with E-state index in [1.807, 2.05) is 6.92 Å². The second kappa shape index (κ2) is 6.47. The number of methoxy groups -OCH3 is 1. The van der Waals surface area contributed by atoms with Crippen molar-refractivity contribution in [3.05, 3.63) is 23.8 Å². The van der Waals surface area contributed by atoms with E-state index in [1.165, 1.54) is 19.2 Å². The van der Waals surface area contributed by atoms with E-state index in [9.17, 15) is 9.59 Å². The van der Waals surface area contributed by atoms with E-state index in [-0.39, 0.29) is 23.8 Å². The molecule has 1 aromatic rings. The van der Waals surface area contributed by atoms with Gasteiger partial charge in [0, 0.05) is 18.7 Å². The van der Waals surface area contributed by atoms with E-state index in [0.717, 1.165) is 12.8 Å². The maximum Gasteiger partial charge on any atom is 0.339 e. The molecule has 0 radical (unpaired) electrons. The molecule has 0 aliphatic heterocycles. The Kier molecular flexibility index (Phi) is 4.67. The van der Waals surface area contributed by atoms with Crippen molar-refractivity contribution in [2.24, 2.45) is 0 Å². The highest BCUT2D eigenvalue weighted by atomic mass is 16.5. The van der Waals surface area contributed by atoms with Gasteiger partial charge in [0.1, 0.15) is 17.1 Å². The largest absolute Gasteiger partial charge is 0.497 e. The van der Waals surface area contributed by atoms with Crippen molar-refractivity contribution in [2.45, 2.75) is 25.8 Å². The predicted octanol–water partition coefficient (Wildman–Crippen LogP) is 1.78. The Balaban J connectivity index is 2.07. The maximum atomic E-state index is 12.1. The lowest BCUT2D eigenvalue weighted by molar-refractivity contribution is -0.133. The van der Waals surface area contributed by atoms with Crippen LogP contribution in [0, 0.1) is 0 Å². The number of carboxylic acids is 1. The zero-order valence-corrected chi connectivity index (χ0v) is 12.2. The SMILES string of the molecule is CCN(C(=O)COc1cc(OC)ccc1C(=O)O)C1CC1. The first-order valence-corrected chi connectivity index (χ1v) is 6.90. The van der Waals surface area contributed by atoms with Crippen LogP contribution in [0.1, 0.15) is 30.1 Å². The molecular weight excluding hydrogens is 274 g/mol. The number of nitrogens with zero attached hydrogens (tertiary/aromatic N) is 1. The molecule has 0 unspecified atom stereocenters. The molecule has 0 atom stereocenters. The van der Waals surface area contributed by atoms with E-state index < -0.39 is 5.97 Å². The Hall–Kier alpha value is -2.24. The number of aromatic carboxylic acids is 1. The number of likely N-dealkylation sites (N-methyl/N-ethyl adjacent to an activating group) is 1. The Bertz CT molecular complexity index is 539. The number of carbonyl (C=O) groups excluding carboxylic acids is 1. The summed E-state index contributed by atoms with van der Waals surface area (Å²) in [5.41, 5.74) is 0.0121. The topological polar surface area (TPSA) is 76.1 Å². The van der Waals surface area contributed by atoms with Crippen molar-refractivity contribution in [3.63, 3.8) is 0 Å². The average Bonchev–Trinajstić information content (AvgIpc) is 3.30. The molecule has 1 aliphatic rings. The number of rotatable bonds is 7. The molecule has 0 aromatic heterocycles. The molecule has 21 heavy (non-hydrogen) atoms. The Morgan fingerprint density at radius 2 is 2.10 bits per heavy atom. The van der Waals surface area contributed by atoms with Crippen LogP contribution >= 0.6 is 0 Å². The number of benzene rings is 1. The highest BCUT2D eigenvalue weighted by Crippen LogP contribution is 2.28. The molecule has 0 bridgehead atoms. The highest BCUT2D eigenvalue weighted by molar-refractivity contribution is 5.91. The molecule has 1 aliphatic carbocycles. The maximum absolute atomic E-state index is 12.1. The molecule has 1 N–H and O–H groups in total. The van der Waals surface area contributed by atoms with Crippen LogP contribution in [0.5, 0.6) is 11.5 Å². The van der Waals surface area contributed by atoms with Crippen LogP contribution in [-0.2, 0) is 4.79 Å². The normalized spacial score (nSPS) is 13.6.